The van der Waals surface area contributed by atoms with Gasteiger partial charge in [0.25, 0.3) is 0 Å². The number of guanidine groups is 1. The van der Waals surface area contributed by atoms with Crippen molar-refractivity contribution in [2.24, 2.45) is 4.99 Å². The predicted octanol–water partition coefficient (Wildman–Crippen LogP) is 3.42. The van der Waals surface area contributed by atoms with Gasteiger partial charge in [0.05, 0.1) is 29.5 Å². The lowest BCUT2D eigenvalue weighted by molar-refractivity contribution is -0.0772. The largest absolute Gasteiger partial charge is 0.372 e. The maximum atomic E-state index is 6.08. The number of aromatic nitrogens is 1. The third-order valence-electron chi connectivity index (χ3n) is 3.73. The second-order valence-corrected chi connectivity index (χ2v) is 7.62. The molecule has 1 fully saturated rings. The first kappa shape index (κ1) is 20.6. The molecule has 0 radical (unpaired) electrons. The fourth-order valence-corrected chi connectivity index (χ4v) is 3.39. The van der Waals surface area contributed by atoms with E-state index in [1.807, 2.05) is 19.5 Å². The highest BCUT2D eigenvalue weighted by Crippen LogP contribution is 2.20. The van der Waals surface area contributed by atoms with Crippen LogP contribution in [0, 0.1) is 6.92 Å². The van der Waals surface area contributed by atoms with Crippen LogP contribution < -0.4 is 5.32 Å². The molecule has 1 saturated heterocycles. The molecule has 23 heavy (non-hydrogen) atoms. The van der Waals surface area contributed by atoms with E-state index in [9.17, 15) is 0 Å². The van der Waals surface area contributed by atoms with Gasteiger partial charge in [-0.1, -0.05) is 0 Å². The molecule has 1 aromatic rings. The van der Waals surface area contributed by atoms with Gasteiger partial charge in [0.1, 0.15) is 0 Å². The molecule has 0 spiro atoms. The highest BCUT2D eigenvalue weighted by atomic mass is 127. The molecule has 2 rings (SSSR count). The van der Waals surface area contributed by atoms with Gasteiger partial charge in [-0.3, -0.25) is 4.99 Å². The number of aryl methyl sites for hydroxylation is 1. The number of ether oxygens (including phenoxy) is 1. The molecule has 0 aliphatic carbocycles. The van der Waals surface area contributed by atoms with Crippen LogP contribution in [0.5, 0.6) is 0 Å². The number of halogens is 1. The van der Waals surface area contributed by atoms with Crippen LogP contribution in [-0.2, 0) is 11.3 Å². The molecular weight excluding hydrogens is 423 g/mol. The number of hydrogen-bond donors (Lipinski definition) is 1. The summed E-state index contributed by atoms with van der Waals surface area (Å²) >= 11 is 1.69. The minimum atomic E-state index is -0.0591. The SMILES string of the molecule is CN=C(NCc1scnc1C)N1CCC(OC(C)(C)C)CC1.I. The lowest BCUT2D eigenvalue weighted by Crippen LogP contribution is -2.47. The number of thiazole rings is 1. The topological polar surface area (TPSA) is 49.8 Å². The Hall–Kier alpha value is -0.410. The zero-order chi connectivity index (χ0) is 16.2. The van der Waals surface area contributed by atoms with Crippen molar-refractivity contribution in [3.63, 3.8) is 0 Å². The quantitative estimate of drug-likeness (QED) is 0.434. The zero-order valence-corrected chi connectivity index (χ0v) is 17.9. The molecule has 2 heterocycles. The normalized spacial score (nSPS) is 17.1. The Bertz CT molecular complexity index is 504. The van der Waals surface area contributed by atoms with Crippen molar-refractivity contribution in [1.29, 1.82) is 0 Å². The first-order chi connectivity index (χ1) is 10.4. The minimum absolute atomic E-state index is 0. The van der Waals surface area contributed by atoms with E-state index >= 15 is 0 Å². The van der Waals surface area contributed by atoms with Crippen LogP contribution in [0.1, 0.15) is 44.2 Å². The number of rotatable bonds is 3. The van der Waals surface area contributed by atoms with Crippen molar-refractivity contribution in [2.45, 2.75) is 58.8 Å². The molecule has 7 heteroatoms. The number of likely N-dealkylation sites (tertiary alicyclic amines) is 1. The Morgan fingerprint density at radius 1 is 1.43 bits per heavy atom. The fourth-order valence-electron chi connectivity index (χ4n) is 2.67. The van der Waals surface area contributed by atoms with Crippen LogP contribution in [0.15, 0.2) is 10.5 Å². The summed E-state index contributed by atoms with van der Waals surface area (Å²) in [6, 6.07) is 0. The number of hydrogen-bond acceptors (Lipinski definition) is 4. The minimum Gasteiger partial charge on any atom is -0.372 e. The molecule has 0 atom stereocenters. The average molecular weight is 452 g/mol. The summed E-state index contributed by atoms with van der Waals surface area (Å²) in [7, 11) is 1.85. The van der Waals surface area contributed by atoms with E-state index in [0.717, 1.165) is 44.1 Å². The Kier molecular flexibility index (Phi) is 8.23. The highest BCUT2D eigenvalue weighted by Gasteiger charge is 2.25. The van der Waals surface area contributed by atoms with Gasteiger partial charge in [0.15, 0.2) is 5.96 Å². The molecule has 1 N–H and O–H groups in total. The van der Waals surface area contributed by atoms with Crippen molar-refractivity contribution in [3.8, 4) is 0 Å². The maximum absolute atomic E-state index is 6.08. The average Bonchev–Trinajstić information content (AvgIpc) is 2.85. The summed E-state index contributed by atoms with van der Waals surface area (Å²) in [6.07, 6.45) is 2.47. The van der Waals surface area contributed by atoms with Crippen LogP contribution in [-0.4, -0.2) is 47.7 Å². The van der Waals surface area contributed by atoms with E-state index in [4.69, 9.17) is 4.74 Å². The summed E-state index contributed by atoms with van der Waals surface area (Å²) in [5, 5.41) is 3.45. The molecule has 1 aliphatic heterocycles. The van der Waals surface area contributed by atoms with Crippen molar-refractivity contribution in [3.05, 3.63) is 16.1 Å². The van der Waals surface area contributed by atoms with Gasteiger partial charge in [0.2, 0.25) is 0 Å². The lowest BCUT2D eigenvalue weighted by Gasteiger charge is -2.36. The Labute approximate surface area is 160 Å². The highest BCUT2D eigenvalue weighted by molar-refractivity contribution is 14.0. The van der Waals surface area contributed by atoms with E-state index in [2.05, 4.69) is 41.0 Å². The number of aliphatic imine (C=N–C) groups is 1. The smallest absolute Gasteiger partial charge is 0.193 e. The predicted molar refractivity (Wildman–Crippen MR) is 108 cm³/mol. The summed E-state index contributed by atoms with van der Waals surface area (Å²) < 4.78 is 6.08. The molecule has 0 saturated carbocycles. The molecule has 0 aromatic carbocycles. The van der Waals surface area contributed by atoms with Crippen molar-refractivity contribution in [1.82, 2.24) is 15.2 Å². The zero-order valence-electron chi connectivity index (χ0n) is 14.8. The number of nitrogens with one attached hydrogen (secondary N) is 1. The number of nitrogens with zero attached hydrogens (tertiary/aromatic N) is 3. The van der Waals surface area contributed by atoms with Gasteiger partial charge in [-0.15, -0.1) is 35.3 Å². The monoisotopic (exact) mass is 452 g/mol. The van der Waals surface area contributed by atoms with Crippen LogP contribution in [0.3, 0.4) is 0 Å². The molecule has 0 bridgehead atoms. The molecule has 132 valence electrons. The summed E-state index contributed by atoms with van der Waals surface area (Å²) in [5.41, 5.74) is 2.94. The molecule has 1 aromatic heterocycles. The summed E-state index contributed by atoms with van der Waals surface area (Å²) in [5.74, 6) is 0.974. The first-order valence-electron chi connectivity index (χ1n) is 7.91. The van der Waals surface area contributed by atoms with E-state index in [1.165, 1.54) is 4.88 Å². The molecule has 0 amide bonds. The van der Waals surface area contributed by atoms with E-state index in [-0.39, 0.29) is 29.6 Å². The molecular formula is C16H29IN4OS. The summed E-state index contributed by atoms with van der Waals surface area (Å²) in [4.78, 5) is 12.3. The van der Waals surface area contributed by atoms with Gasteiger partial charge in [-0.05, 0) is 40.5 Å². The van der Waals surface area contributed by atoms with Crippen molar-refractivity contribution in [2.75, 3.05) is 20.1 Å². The van der Waals surface area contributed by atoms with E-state index < -0.39 is 0 Å². The van der Waals surface area contributed by atoms with Gasteiger partial charge in [-0.2, -0.15) is 0 Å². The Morgan fingerprint density at radius 2 is 2.09 bits per heavy atom. The Balaban J connectivity index is 0.00000264. The number of piperidine rings is 1. The lowest BCUT2D eigenvalue weighted by atomic mass is 10.1. The van der Waals surface area contributed by atoms with Gasteiger partial charge < -0.3 is 15.0 Å². The van der Waals surface area contributed by atoms with Crippen LogP contribution in [0.4, 0.5) is 0 Å². The van der Waals surface area contributed by atoms with Crippen LogP contribution in [0.25, 0.3) is 0 Å². The third kappa shape index (κ3) is 6.54. The van der Waals surface area contributed by atoms with Crippen LogP contribution in [0.2, 0.25) is 0 Å². The summed E-state index contributed by atoms with van der Waals surface area (Å²) in [6.45, 7) is 11.2. The second-order valence-electron chi connectivity index (χ2n) is 6.68. The Morgan fingerprint density at radius 3 is 2.57 bits per heavy atom. The standard InChI is InChI=1S/C16H28N4OS.HI/c1-12-14(22-11-19-12)10-18-15(17-5)20-8-6-13(7-9-20)21-16(2,3)4;/h11,13H,6-10H2,1-5H3,(H,17,18);1H. The van der Waals surface area contributed by atoms with Gasteiger partial charge in [-0.25, -0.2) is 4.98 Å². The molecule has 5 nitrogen and oxygen atoms in total. The van der Waals surface area contributed by atoms with E-state index in [0.29, 0.717) is 6.10 Å². The molecule has 1 aliphatic rings. The van der Waals surface area contributed by atoms with Crippen molar-refractivity contribution < 1.29 is 4.74 Å². The van der Waals surface area contributed by atoms with Gasteiger partial charge in [0, 0.05) is 25.0 Å². The fraction of sp³-hybridized carbons (Fsp3) is 0.750. The third-order valence-corrected chi connectivity index (χ3v) is 4.66. The molecule has 0 unspecified atom stereocenters. The first-order valence-corrected chi connectivity index (χ1v) is 8.79. The van der Waals surface area contributed by atoms with Gasteiger partial charge >= 0.3 is 0 Å². The second kappa shape index (κ2) is 9.17. The van der Waals surface area contributed by atoms with E-state index in [1.54, 1.807) is 11.3 Å². The van der Waals surface area contributed by atoms with Crippen LogP contribution >= 0.6 is 35.3 Å². The maximum Gasteiger partial charge on any atom is 0.193 e. The van der Waals surface area contributed by atoms with Crippen molar-refractivity contribution >= 4 is 41.3 Å².